The lowest BCUT2D eigenvalue weighted by Gasteiger charge is -2.28. The first-order valence-electron chi connectivity index (χ1n) is 7.05. The minimum absolute atomic E-state index is 0.142. The Morgan fingerprint density at radius 2 is 1.89 bits per heavy atom. The lowest BCUT2D eigenvalue weighted by Crippen LogP contribution is -2.40. The predicted octanol–water partition coefficient (Wildman–Crippen LogP) is 3.62. The van der Waals surface area contributed by atoms with Crippen molar-refractivity contribution in [2.45, 2.75) is 46.2 Å². The molecule has 1 aromatic heterocycles. The van der Waals surface area contributed by atoms with Gasteiger partial charge in [-0.15, -0.1) is 0 Å². The summed E-state index contributed by atoms with van der Waals surface area (Å²) < 4.78 is 2.30. The van der Waals surface area contributed by atoms with Crippen LogP contribution in [0.5, 0.6) is 0 Å². The SMILES string of the molecule is CC(C)C(CNC(C)(C)C)n1cnc2ccccc21. The van der Waals surface area contributed by atoms with Crippen molar-refractivity contribution in [3.63, 3.8) is 0 Å². The number of fused-ring (bicyclic) bond motifs is 1. The topological polar surface area (TPSA) is 29.9 Å². The summed E-state index contributed by atoms with van der Waals surface area (Å²) in [6, 6.07) is 8.76. The second-order valence-electron chi connectivity index (χ2n) is 6.58. The van der Waals surface area contributed by atoms with Crippen molar-refractivity contribution < 1.29 is 0 Å². The summed E-state index contributed by atoms with van der Waals surface area (Å²) in [6.07, 6.45) is 1.97. The maximum Gasteiger partial charge on any atom is 0.0961 e. The Labute approximate surface area is 116 Å². The molecule has 0 radical (unpaired) electrons. The summed E-state index contributed by atoms with van der Waals surface area (Å²) >= 11 is 0. The number of imidazole rings is 1. The van der Waals surface area contributed by atoms with Crippen molar-refractivity contribution >= 4 is 11.0 Å². The Balaban J connectivity index is 2.29. The molecule has 104 valence electrons. The Morgan fingerprint density at radius 1 is 1.21 bits per heavy atom. The van der Waals surface area contributed by atoms with Crippen molar-refractivity contribution in [3.8, 4) is 0 Å². The van der Waals surface area contributed by atoms with Gasteiger partial charge >= 0.3 is 0 Å². The smallest absolute Gasteiger partial charge is 0.0961 e. The van der Waals surface area contributed by atoms with Crippen molar-refractivity contribution in [2.24, 2.45) is 5.92 Å². The standard InChI is InChI=1S/C16H25N3/c1-12(2)15(10-18-16(3,4)5)19-11-17-13-8-6-7-9-14(13)19/h6-9,11-12,15,18H,10H2,1-5H3. The number of hydrogen-bond acceptors (Lipinski definition) is 2. The Morgan fingerprint density at radius 3 is 2.53 bits per heavy atom. The maximum absolute atomic E-state index is 4.50. The average molecular weight is 259 g/mol. The molecule has 0 aliphatic heterocycles. The molecule has 2 aromatic rings. The highest BCUT2D eigenvalue weighted by Crippen LogP contribution is 2.23. The van der Waals surface area contributed by atoms with Crippen LogP contribution in [-0.2, 0) is 0 Å². The minimum Gasteiger partial charge on any atom is -0.326 e. The van der Waals surface area contributed by atoms with E-state index in [1.165, 1.54) is 5.52 Å². The normalized spacial score (nSPS) is 14.2. The zero-order valence-electron chi connectivity index (χ0n) is 12.6. The van der Waals surface area contributed by atoms with Crippen molar-refractivity contribution in [3.05, 3.63) is 30.6 Å². The molecule has 0 spiro atoms. The van der Waals surface area contributed by atoms with Crippen LogP contribution in [0.1, 0.15) is 40.7 Å². The summed E-state index contributed by atoms with van der Waals surface area (Å²) in [6.45, 7) is 12.1. The average Bonchev–Trinajstić information content (AvgIpc) is 2.72. The largest absolute Gasteiger partial charge is 0.326 e. The molecule has 0 aliphatic rings. The number of rotatable bonds is 4. The molecule has 0 amide bonds. The molecule has 1 N–H and O–H groups in total. The summed E-state index contributed by atoms with van der Waals surface area (Å²) in [7, 11) is 0. The highest BCUT2D eigenvalue weighted by Gasteiger charge is 2.20. The molecule has 1 heterocycles. The number of benzene rings is 1. The van der Waals surface area contributed by atoms with E-state index in [1.807, 2.05) is 12.4 Å². The molecule has 0 aliphatic carbocycles. The van der Waals surface area contributed by atoms with Gasteiger partial charge in [0.25, 0.3) is 0 Å². The molecule has 3 heteroatoms. The van der Waals surface area contributed by atoms with Gasteiger partial charge < -0.3 is 9.88 Å². The zero-order valence-corrected chi connectivity index (χ0v) is 12.6. The van der Waals surface area contributed by atoms with E-state index in [4.69, 9.17) is 0 Å². The van der Waals surface area contributed by atoms with Crippen LogP contribution in [0.15, 0.2) is 30.6 Å². The monoisotopic (exact) mass is 259 g/mol. The van der Waals surface area contributed by atoms with Gasteiger partial charge in [-0.25, -0.2) is 4.98 Å². The van der Waals surface area contributed by atoms with Crippen LogP contribution in [0.4, 0.5) is 0 Å². The first kappa shape index (κ1) is 14.1. The fraction of sp³-hybridized carbons (Fsp3) is 0.562. The molecule has 0 saturated carbocycles. The van der Waals surface area contributed by atoms with Gasteiger partial charge in [0.15, 0.2) is 0 Å². The van der Waals surface area contributed by atoms with E-state index in [0.717, 1.165) is 12.1 Å². The van der Waals surface area contributed by atoms with Crippen molar-refractivity contribution in [2.75, 3.05) is 6.54 Å². The van der Waals surface area contributed by atoms with E-state index in [2.05, 4.69) is 67.7 Å². The van der Waals surface area contributed by atoms with Gasteiger partial charge in [0.2, 0.25) is 0 Å². The molecular formula is C16H25N3. The summed E-state index contributed by atoms with van der Waals surface area (Å²) in [4.78, 5) is 4.50. The van der Waals surface area contributed by atoms with E-state index >= 15 is 0 Å². The fourth-order valence-electron chi connectivity index (χ4n) is 2.31. The fourth-order valence-corrected chi connectivity index (χ4v) is 2.31. The number of hydrogen-bond donors (Lipinski definition) is 1. The first-order valence-corrected chi connectivity index (χ1v) is 7.05. The molecule has 1 aromatic carbocycles. The van der Waals surface area contributed by atoms with Crippen LogP contribution >= 0.6 is 0 Å². The predicted molar refractivity (Wildman–Crippen MR) is 81.4 cm³/mol. The molecule has 2 rings (SSSR count). The van der Waals surface area contributed by atoms with Crippen LogP contribution in [0.25, 0.3) is 11.0 Å². The number of nitrogens with zero attached hydrogens (tertiary/aromatic N) is 2. The molecule has 19 heavy (non-hydrogen) atoms. The molecule has 1 unspecified atom stereocenters. The number of para-hydroxylation sites is 2. The maximum atomic E-state index is 4.50. The minimum atomic E-state index is 0.142. The molecule has 1 atom stereocenters. The van der Waals surface area contributed by atoms with Crippen LogP contribution in [0.2, 0.25) is 0 Å². The van der Waals surface area contributed by atoms with Gasteiger partial charge in [0.1, 0.15) is 0 Å². The van der Waals surface area contributed by atoms with Crippen LogP contribution in [-0.4, -0.2) is 21.6 Å². The van der Waals surface area contributed by atoms with E-state index in [0.29, 0.717) is 12.0 Å². The third-order valence-electron chi connectivity index (χ3n) is 3.45. The van der Waals surface area contributed by atoms with E-state index in [1.54, 1.807) is 0 Å². The highest BCUT2D eigenvalue weighted by molar-refractivity contribution is 5.75. The molecule has 0 fully saturated rings. The van der Waals surface area contributed by atoms with Crippen LogP contribution in [0.3, 0.4) is 0 Å². The van der Waals surface area contributed by atoms with Crippen molar-refractivity contribution in [1.82, 2.24) is 14.9 Å². The highest BCUT2D eigenvalue weighted by atomic mass is 15.1. The van der Waals surface area contributed by atoms with Gasteiger partial charge in [0.05, 0.1) is 17.4 Å². The summed E-state index contributed by atoms with van der Waals surface area (Å²) in [5.74, 6) is 0.562. The van der Waals surface area contributed by atoms with Gasteiger partial charge in [-0.2, -0.15) is 0 Å². The van der Waals surface area contributed by atoms with Crippen LogP contribution in [0, 0.1) is 5.92 Å². The van der Waals surface area contributed by atoms with Crippen molar-refractivity contribution in [1.29, 1.82) is 0 Å². The molecule has 3 nitrogen and oxygen atoms in total. The Bertz CT molecular complexity index is 534. The third kappa shape index (κ3) is 3.35. The lowest BCUT2D eigenvalue weighted by atomic mass is 10.0. The van der Waals surface area contributed by atoms with E-state index < -0.39 is 0 Å². The van der Waals surface area contributed by atoms with E-state index in [9.17, 15) is 0 Å². The number of nitrogens with one attached hydrogen (secondary N) is 1. The first-order chi connectivity index (χ1) is 8.88. The van der Waals surface area contributed by atoms with Crippen LogP contribution < -0.4 is 5.32 Å². The van der Waals surface area contributed by atoms with Gasteiger partial charge in [-0.05, 0) is 38.8 Å². The lowest BCUT2D eigenvalue weighted by molar-refractivity contribution is 0.316. The second-order valence-corrected chi connectivity index (χ2v) is 6.58. The van der Waals surface area contributed by atoms with Gasteiger partial charge in [-0.1, -0.05) is 26.0 Å². The quantitative estimate of drug-likeness (QED) is 0.909. The summed E-state index contributed by atoms with van der Waals surface area (Å²) in [5.41, 5.74) is 2.43. The molecular weight excluding hydrogens is 234 g/mol. The second kappa shape index (κ2) is 5.33. The number of aromatic nitrogens is 2. The molecule has 0 saturated heterocycles. The Kier molecular flexibility index (Phi) is 3.95. The third-order valence-corrected chi connectivity index (χ3v) is 3.45. The van der Waals surface area contributed by atoms with Gasteiger partial charge in [-0.3, -0.25) is 0 Å². The zero-order chi connectivity index (χ0) is 14.0. The van der Waals surface area contributed by atoms with E-state index in [-0.39, 0.29) is 5.54 Å². The Hall–Kier alpha value is -1.35. The van der Waals surface area contributed by atoms with Gasteiger partial charge in [0, 0.05) is 18.1 Å². The molecule has 0 bridgehead atoms. The summed E-state index contributed by atoms with van der Waals surface area (Å²) in [5, 5.41) is 3.61.